The molecule has 1 aliphatic rings. The number of benzene rings is 2. The lowest BCUT2D eigenvalue weighted by Gasteiger charge is -2.24. The van der Waals surface area contributed by atoms with Crippen LogP contribution >= 0.6 is 0 Å². The second-order valence-corrected chi connectivity index (χ2v) is 5.59. The van der Waals surface area contributed by atoms with Crippen molar-refractivity contribution in [1.82, 2.24) is 5.01 Å². The van der Waals surface area contributed by atoms with Crippen molar-refractivity contribution in [3.05, 3.63) is 59.9 Å². The van der Waals surface area contributed by atoms with E-state index in [4.69, 9.17) is 0 Å². The number of hydrogen-bond donors (Lipinski definition) is 0. The summed E-state index contributed by atoms with van der Waals surface area (Å²) in [5.74, 6) is -0.0852. The highest BCUT2D eigenvalue weighted by atomic mass is 19.1. The van der Waals surface area contributed by atoms with Crippen molar-refractivity contribution < 1.29 is 9.18 Å². The number of carbonyl (C=O) groups is 1. The SMILES string of the molecule is CC1CC(=O)N(C)N=C1c1ccc(-c2ccc(F)cc2)cc1. The van der Waals surface area contributed by atoms with E-state index >= 15 is 0 Å². The molecule has 4 heteroatoms. The molecule has 1 atom stereocenters. The van der Waals surface area contributed by atoms with Gasteiger partial charge in [-0.15, -0.1) is 0 Å². The fourth-order valence-electron chi connectivity index (χ4n) is 2.62. The van der Waals surface area contributed by atoms with E-state index in [1.165, 1.54) is 17.1 Å². The Labute approximate surface area is 129 Å². The van der Waals surface area contributed by atoms with Crippen molar-refractivity contribution in [1.29, 1.82) is 0 Å². The zero-order valence-corrected chi connectivity index (χ0v) is 12.6. The second kappa shape index (κ2) is 5.72. The number of hydrogen-bond acceptors (Lipinski definition) is 2. The molecule has 2 aromatic rings. The molecule has 1 unspecified atom stereocenters. The van der Waals surface area contributed by atoms with E-state index in [2.05, 4.69) is 5.10 Å². The molecule has 1 amide bonds. The summed E-state index contributed by atoms with van der Waals surface area (Å²) in [6, 6.07) is 14.4. The third-order valence-electron chi connectivity index (χ3n) is 3.92. The van der Waals surface area contributed by atoms with Crippen molar-refractivity contribution in [3.63, 3.8) is 0 Å². The minimum absolute atomic E-state index is 0.0409. The van der Waals surface area contributed by atoms with E-state index in [9.17, 15) is 9.18 Å². The molecule has 0 N–H and O–H groups in total. The Balaban J connectivity index is 1.90. The van der Waals surface area contributed by atoms with Crippen LogP contribution in [0.5, 0.6) is 0 Å². The lowest BCUT2D eigenvalue weighted by atomic mass is 9.92. The normalized spacial score (nSPS) is 18.3. The summed E-state index contributed by atoms with van der Waals surface area (Å²) in [5, 5.41) is 5.79. The first-order valence-corrected chi connectivity index (χ1v) is 7.26. The van der Waals surface area contributed by atoms with Crippen LogP contribution in [-0.4, -0.2) is 23.7 Å². The third-order valence-corrected chi connectivity index (χ3v) is 3.92. The Bertz CT molecular complexity index is 720. The average molecular weight is 296 g/mol. The van der Waals surface area contributed by atoms with Gasteiger partial charge in [0.1, 0.15) is 5.82 Å². The number of halogens is 1. The van der Waals surface area contributed by atoms with Gasteiger partial charge in [0.2, 0.25) is 5.91 Å². The van der Waals surface area contributed by atoms with Gasteiger partial charge in [-0.2, -0.15) is 5.10 Å². The highest BCUT2D eigenvalue weighted by molar-refractivity contribution is 6.05. The maximum atomic E-state index is 13.0. The van der Waals surface area contributed by atoms with E-state index in [-0.39, 0.29) is 17.6 Å². The van der Waals surface area contributed by atoms with E-state index in [0.29, 0.717) is 6.42 Å². The van der Waals surface area contributed by atoms with Gasteiger partial charge < -0.3 is 0 Å². The molecule has 112 valence electrons. The zero-order valence-electron chi connectivity index (χ0n) is 12.6. The van der Waals surface area contributed by atoms with Gasteiger partial charge in [0.05, 0.1) is 5.71 Å². The van der Waals surface area contributed by atoms with Crippen LogP contribution in [0.15, 0.2) is 53.6 Å². The van der Waals surface area contributed by atoms with Gasteiger partial charge in [-0.05, 0) is 28.8 Å². The lowest BCUT2D eigenvalue weighted by molar-refractivity contribution is -0.131. The molecule has 1 heterocycles. The first-order chi connectivity index (χ1) is 10.5. The van der Waals surface area contributed by atoms with Crippen molar-refractivity contribution in [2.45, 2.75) is 13.3 Å². The largest absolute Gasteiger partial charge is 0.273 e. The molecule has 1 aliphatic heterocycles. The number of carbonyl (C=O) groups excluding carboxylic acids is 1. The first-order valence-electron chi connectivity index (χ1n) is 7.26. The van der Waals surface area contributed by atoms with Crippen LogP contribution in [0.4, 0.5) is 4.39 Å². The van der Waals surface area contributed by atoms with Crippen molar-refractivity contribution in [3.8, 4) is 11.1 Å². The highest BCUT2D eigenvalue weighted by Crippen LogP contribution is 2.24. The minimum atomic E-state index is -0.238. The van der Waals surface area contributed by atoms with E-state index in [0.717, 1.165) is 22.4 Å². The second-order valence-electron chi connectivity index (χ2n) is 5.59. The number of nitrogens with zero attached hydrogens (tertiary/aromatic N) is 2. The summed E-state index contributed by atoms with van der Waals surface area (Å²) in [6.45, 7) is 2.01. The van der Waals surface area contributed by atoms with Crippen LogP contribution in [0.2, 0.25) is 0 Å². The molecule has 22 heavy (non-hydrogen) atoms. The van der Waals surface area contributed by atoms with Crippen LogP contribution in [-0.2, 0) is 4.79 Å². The van der Waals surface area contributed by atoms with Gasteiger partial charge in [-0.3, -0.25) is 4.79 Å². The van der Waals surface area contributed by atoms with Crippen LogP contribution in [0.3, 0.4) is 0 Å². The number of hydrazone groups is 1. The Morgan fingerprint density at radius 1 is 1.00 bits per heavy atom. The van der Waals surface area contributed by atoms with Crippen molar-refractivity contribution >= 4 is 11.6 Å². The Morgan fingerprint density at radius 2 is 1.50 bits per heavy atom. The van der Waals surface area contributed by atoms with E-state index in [1.54, 1.807) is 19.2 Å². The molecule has 3 rings (SSSR count). The topological polar surface area (TPSA) is 32.7 Å². The smallest absolute Gasteiger partial charge is 0.243 e. The summed E-state index contributed by atoms with van der Waals surface area (Å²) < 4.78 is 13.0. The molecule has 0 saturated carbocycles. The predicted octanol–water partition coefficient (Wildman–Crippen LogP) is 3.70. The van der Waals surface area contributed by atoms with E-state index < -0.39 is 0 Å². The molecular weight excluding hydrogens is 279 g/mol. The van der Waals surface area contributed by atoms with E-state index in [1.807, 2.05) is 31.2 Å². The minimum Gasteiger partial charge on any atom is -0.273 e. The summed E-state index contributed by atoms with van der Waals surface area (Å²) >= 11 is 0. The Kier molecular flexibility index (Phi) is 3.75. The van der Waals surface area contributed by atoms with Crippen LogP contribution in [0.1, 0.15) is 18.9 Å². The molecule has 0 aliphatic carbocycles. The van der Waals surface area contributed by atoms with Gasteiger partial charge in [0.15, 0.2) is 0 Å². The summed E-state index contributed by atoms with van der Waals surface area (Å²) in [7, 11) is 1.68. The Morgan fingerprint density at radius 3 is 2.09 bits per heavy atom. The fourth-order valence-corrected chi connectivity index (χ4v) is 2.62. The molecule has 0 aromatic heterocycles. The lowest BCUT2D eigenvalue weighted by Crippen LogP contribution is -2.33. The highest BCUT2D eigenvalue weighted by Gasteiger charge is 2.24. The molecule has 0 radical (unpaired) electrons. The molecule has 0 bridgehead atoms. The van der Waals surface area contributed by atoms with Gasteiger partial charge in [0, 0.05) is 19.4 Å². The molecule has 0 fully saturated rings. The fraction of sp³-hybridized carbons (Fsp3) is 0.222. The maximum absolute atomic E-state index is 13.0. The molecule has 2 aromatic carbocycles. The van der Waals surface area contributed by atoms with Crippen LogP contribution in [0, 0.1) is 11.7 Å². The average Bonchev–Trinajstić information content (AvgIpc) is 2.52. The van der Waals surface area contributed by atoms with Gasteiger partial charge in [0.25, 0.3) is 0 Å². The zero-order chi connectivity index (χ0) is 15.7. The summed E-state index contributed by atoms with van der Waals surface area (Å²) in [6.07, 6.45) is 0.481. The number of amides is 1. The summed E-state index contributed by atoms with van der Waals surface area (Å²) in [5.41, 5.74) is 3.93. The molecular formula is C18H17FN2O. The van der Waals surface area contributed by atoms with Gasteiger partial charge >= 0.3 is 0 Å². The van der Waals surface area contributed by atoms with Crippen LogP contribution < -0.4 is 0 Å². The molecule has 0 saturated heterocycles. The maximum Gasteiger partial charge on any atom is 0.243 e. The van der Waals surface area contributed by atoms with Crippen molar-refractivity contribution in [2.24, 2.45) is 11.0 Å². The Hall–Kier alpha value is -2.49. The van der Waals surface area contributed by atoms with Gasteiger partial charge in [-0.25, -0.2) is 9.40 Å². The predicted molar refractivity (Wildman–Crippen MR) is 84.9 cm³/mol. The standard InChI is InChI=1S/C18H17FN2O/c1-12-11-17(22)21(2)20-18(12)15-5-3-13(4-6-15)14-7-9-16(19)10-8-14/h3-10,12H,11H2,1-2H3. The molecule has 3 nitrogen and oxygen atoms in total. The quantitative estimate of drug-likeness (QED) is 0.831. The monoisotopic (exact) mass is 296 g/mol. The summed E-state index contributed by atoms with van der Waals surface area (Å²) in [4.78, 5) is 11.6. The van der Waals surface area contributed by atoms with Crippen molar-refractivity contribution in [2.75, 3.05) is 7.05 Å². The first kappa shape index (κ1) is 14.4. The number of rotatable bonds is 2. The van der Waals surface area contributed by atoms with Crippen LogP contribution in [0.25, 0.3) is 11.1 Å². The third kappa shape index (κ3) is 2.77. The van der Waals surface area contributed by atoms with Gasteiger partial charge in [-0.1, -0.05) is 43.3 Å². The molecule has 0 spiro atoms.